The van der Waals surface area contributed by atoms with E-state index in [2.05, 4.69) is 20.6 Å². The Morgan fingerprint density at radius 1 is 1.14 bits per heavy atom. The third-order valence-corrected chi connectivity index (χ3v) is 6.78. The van der Waals surface area contributed by atoms with E-state index in [4.69, 9.17) is 25.6 Å². The van der Waals surface area contributed by atoms with E-state index in [1.807, 2.05) is 52.0 Å². The number of amides is 2. The number of benzene rings is 1. The molecule has 1 unspecified atom stereocenters. The summed E-state index contributed by atoms with van der Waals surface area (Å²) in [6, 6.07) is 6.76. The van der Waals surface area contributed by atoms with Gasteiger partial charge in [0.15, 0.2) is 0 Å². The highest BCUT2D eigenvalue weighted by Gasteiger charge is 2.54. The van der Waals surface area contributed by atoms with Crippen molar-refractivity contribution >= 4 is 30.5 Å². The highest BCUT2D eigenvalue weighted by molar-refractivity contribution is 6.48. The Morgan fingerprint density at radius 3 is 2.47 bits per heavy atom. The van der Waals surface area contributed by atoms with E-state index in [1.54, 1.807) is 0 Å². The molecule has 36 heavy (non-hydrogen) atoms. The van der Waals surface area contributed by atoms with Gasteiger partial charge in [-0.1, -0.05) is 23.7 Å². The molecule has 2 N–H and O–H groups in total. The number of ether oxygens (including phenoxy) is 1. The first-order valence-electron chi connectivity index (χ1n) is 12.0. The fourth-order valence-electron chi connectivity index (χ4n) is 3.83. The molecule has 1 aromatic carbocycles. The van der Waals surface area contributed by atoms with Gasteiger partial charge in [-0.25, -0.2) is 4.98 Å². The second-order valence-corrected chi connectivity index (χ2v) is 10.3. The number of hydrogen-bond donors (Lipinski definition) is 2. The van der Waals surface area contributed by atoms with Crippen LogP contribution in [0.1, 0.15) is 56.6 Å². The summed E-state index contributed by atoms with van der Waals surface area (Å²) in [5.74, 6) is -1.38. The Morgan fingerprint density at radius 2 is 1.86 bits per heavy atom. The Hall–Kier alpha value is -2.53. The van der Waals surface area contributed by atoms with Crippen LogP contribution in [0.2, 0.25) is 5.02 Å². The van der Waals surface area contributed by atoms with E-state index in [0.29, 0.717) is 11.4 Å². The van der Waals surface area contributed by atoms with E-state index >= 15 is 0 Å². The molecule has 0 bridgehead atoms. The summed E-state index contributed by atoms with van der Waals surface area (Å²) in [5, 5.41) is 6.39. The van der Waals surface area contributed by atoms with Crippen LogP contribution in [0.4, 0.5) is 0 Å². The number of rotatable bonds is 11. The molecule has 0 saturated carbocycles. The number of nitrogens with one attached hydrogen (secondary N) is 2. The number of carbonyl (C=O) groups is 2. The summed E-state index contributed by atoms with van der Waals surface area (Å²) < 4.78 is 17.7. The second-order valence-electron chi connectivity index (χ2n) is 9.83. The van der Waals surface area contributed by atoms with Crippen molar-refractivity contribution in [2.75, 3.05) is 13.7 Å². The number of halogens is 1. The van der Waals surface area contributed by atoms with Crippen LogP contribution < -0.4 is 10.6 Å². The molecular weight excluding hydrogens is 483 g/mol. The van der Waals surface area contributed by atoms with Gasteiger partial charge in [0.05, 0.1) is 29.9 Å². The van der Waals surface area contributed by atoms with Gasteiger partial charge in [0.2, 0.25) is 5.91 Å². The lowest BCUT2D eigenvalue weighted by Gasteiger charge is -2.32. The number of methoxy groups -OCH3 is 1. The molecule has 0 radical (unpaired) electrons. The molecule has 2 aromatic rings. The molecule has 1 aromatic heterocycles. The lowest BCUT2D eigenvalue weighted by molar-refractivity contribution is -0.124. The molecule has 0 spiro atoms. The third kappa shape index (κ3) is 7.26. The van der Waals surface area contributed by atoms with Crippen LogP contribution in [0, 0.1) is 0 Å². The maximum atomic E-state index is 13.3. The SMILES string of the molecule is COCC(NC(=O)c1cnccn1)C(=O)N[C@@H](CCCc1cccc(Cl)c1)B1OC(C)(C)C(C)(C)O1. The smallest absolute Gasteiger partial charge is 0.402 e. The Labute approximate surface area is 217 Å². The highest BCUT2D eigenvalue weighted by Crippen LogP contribution is 2.38. The third-order valence-electron chi connectivity index (χ3n) is 6.55. The number of carbonyl (C=O) groups excluding carboxylic acids is 2. The molecule has 11 heteroatoms. The summed E-state index contributed by atoms with van der Waals surface area (Å²) in [6.07, 6.45) is 6.34. The molecule has 3 rings (SSSR count). The molecule has 2 amide bonds. The van der Waals surface area contributed by atoms with Crippen LogP contribution in [-0.4, -0.2) is 65.8 Å². The van der Waals surface area contributed by atoms with Gasteiger partial charge < -0.3 is 24.7 Å². The Balaban J connectivity index is 1.72. The fraction of sp³-hybridized carbons (Fsp3) is 0.520. The predicted octanol–water partition coefficient (Wildman–Crippen LogP) is 3.01. The summed E-state index contributed by atoms with van der Waals surface area (Å²) in [5.41, 5.74) is 0.102. The monoisotopic (exact) mass is 516 g/mol. The molecule has 1 aliphatic rings. The average molecular weight is 517 g/mol. The molecule has 2 atom stereocenters. The number of aromatic nitrogens is 2. The molecule has 194 valence electrons. The van der Waals surface area contributed by atoms with Crippen LogP contribution >= 0.6 is 11.6 Å². The van der Waals surface area contributed by atoms with E-state index in [0.717, 1.165) is 18.4 Å². The van der Waals surface area contributed by atoms with Crippen molar-refractivity contribution < 1.29 is 23.6 Å². The molecule has 0 aliphatic carbocycles. The summed E-state index contributed by atoms with van der Waals surface area (Å²) in [4.78, 5) is 33.8. The Bertz CT molecular complexity index is 1020. The quantitative estimate of drug-likeness (QED) is 0.442. The van der Waals surface area contributed by atoms with Crippen molar-refractivity contribution in [2.45, 2.75) is 70.1 Å². The van der Waals surface area contributed by atoms with Crippen LogP contribution in [0.5, 0.6) is 0 Å². The van der Waals surface area contributed by atoms with Crippen molar-refractivity contribution in [1.29, 1.82) is 0 Å². The highest BCUT2D eigenvalue weighted by atomic mass is 35.5. The molecule has 1 aliphatic heterocycles. The van der Waals surface area contributed by atoms with Gasteiger partial charge >= 0.3 is 7.12 Å². The first kappa shape index (κ1) is 28.1. The largest absolute Gasteiger partial charge is 0.481 e. The average Bonchev–Trinajstić information content (AvgIpc) is 3.05. The second kappa shape index (κ2) is 12.1. The van der Waals surface area contributed by atoms with Crippen molar-refractivity contribution in [3.63, 3.8) is 0 Å². The first-order valence-corrected chi connectivity index (χ1v) is 12.4. The molecular formula is C25H34BClN4O5. The van der Waals surface area contributed by atoms with Crippen molar-refractivity contribution in [3.05, 3.63) is 59.1 Å². The number of hydrogen-bond acceptors (Lipinski definition) is 7. The van der Waals surface area contributed by atoms with Crippen LogP contribution in [0.15, 0.2) is 42.9 Å². The van der Waals surface area contributed by atoms with Gasteiger partial charge in [-0.2, -0.15) is 0 Å². The van der Waals surface area contributed by atoms with Gasteiger partial charge in [0, 0.05) is 24.5 Å². The first-order chi connectivity index (χ1) is 17.0. The molecule has 9 nitrogen and oxygen atoms in total. The lowest BCUT2D eigenvalue weighted by Crippen LogP contribution is -2.56. The predicted molar refractivity (Wildman–Crippen MR) is 138 cm³/mol. The van der Waals surface area contributed by atoms with Gasteiger partial charge in [-0.05, 0) is 64.7 Å². The maximum absolute atomic E-state index is 13.3. The van der Waals surface area contributed by atoms with Gasteiger partial charge in [-0.15, -0.1) is 0 Å². The molecule has 2 heterocycles. The number of nitrogens with zero attached hydrogens (tertiary/aromatic N) is 2. The minimum Gasteiger partial charge on any atom is -0.402 e. The van der Waals surface area contributed by atoms with Crippen LogP contribution in [0.3, 0.4) is 0 Å². The van der Waals surface area contributed by atoms with Gasteiger partial charge in [0.25, 0.3) is 5.91 Å². The maximum Gasteiger partial charge on any atom is 0.481 e. The van der Waals surface area contributed by atoms with E-state index in [1.165, 1.54) is 25.7 Å². The van der Waals surface area contributed by atoms with E-state index in [9.17, 15) is 9.59 Å². The fourth-order valence-corrected chi connectivity index (χ4v) is 4.04. The van der Waals surface area contributed by atoms with E-state index < -0.39 is 42.1 Å². The summed E-state index contributed by atoms with van der Waals surface area (Å²) >= 11 is 6.12. The van der Waals surface area contributed by atoms with Crippen molar-refractivity contribution in [2.24, 2.45) is 0 Å². The minimum atomic E-state index is -0.942. The number of aryl methyl sites for hydroxylation is 1. The molecule has 1 fully saturated rings. The van der Waals surface area contributed by atoms with Gasteiger partial charge in [0.1, 0.15) is 11.7 Å². The normalized spacial score (nSPS) is 17.9. The zero-order valence-electron chi connectivity index (χ0n) is 21.4. The lowest BCUT2D eigenvalue weighted by atomic mass is 9.75. The zero-order valence-corrected chi connectivity index (χ0v) is 22.2. The van der Waals surface area contributed by atoms with Crippen LogP contribution in [0.25, 0.3) is 0 Å². The topological polar surface area (TPSA) is 112 Å². The van der Waals surface area contributed by atoms with Gasteiger partial charge in [-0.3, -0.25) is 14.6 Å². The van der Waals surface area contributed by atoms with Crippen molar-refractivity contribution in [3.8, 4) is 0 Å². The standard InChI is InChI=1S/C25H34BClN4O5/c1-24(2)25(3,4)36-26(35-24)21(11-7-9-17-8-6-10-18(27)14-17)31-23(33)20(16-34-5)30-22(32)19-15-28-12-13-29-19/h6,8,10,12-15,20-21H,7,9,11,16H2,1-5H3,(H,30,32)(H,31,33)/t20?,21-/m0/s1. The van der Waals surface area contributed by atoms with Crippen LogP contribution in [-0.2, 0) is 25.3 Å². The zero-order chi connectivity index (χ0) is 26.3. The summed E-state index contributed by atoms with van der Waals surface area (Å²) in [6.45, 7) is 7.84. The summed E-state index contributed by atoms with van der Waals surface area (Å²) in [7, 11) is 0.808. The molecule has 1 saturated heterocycles. The van der Waals surface area contributed by atoms with Crippen molar-refractivity contribution in [1.82, 2.24) is 20.6 Å². The van der Waals surface area contributed by atoms with E-state index in [-0.39, 0.29) is 12.3 Å². The Kier molecular flexibility index (Phi) is 9.46. The minimum absolute atomic E-state index is 0.0174.